The molecule has 2 aromatic rings. The Morgan fingerprint density at radius 1 is 1.12 bits per heavy atom. The number of carboxylic acids is 1. The highest BCUT2D eigenvalue weighted by atomic mass is 19.4. The van der Waals surface area contributed by atoms with Crippen LogP contribution in [0.5, 0.6) is 0 Å². The third-order valence-electron chi connectivity index (χ3n) is 3.30. The summed E-state index contributed by atoms with van der Waals surface area (Å²) in [5.74, 6) is -4.99. The minimum absolute atomic E-state index is 0.0568. The number of hydrogen-bond donors (Lipinski definition) is 2. The molecule has 128 valence electrons. The zero-order valence-electron chi connectivity index (χ0n) is 12.3. The van der Waals surface area contributed by atoms with E-state index >= 15 is 0 Å². The van der Waals surface area contributed by atoms with E-state index in [1.807, 2.05) is 0 Å². The molecule has 0 radical (unpaired) electrons. The summed E-state index contributed by atoms with van der Waals surface area (Å²) in [6, 6.07) is 10.3. The van der Waals surface area contributed by atoms with Crippen molar-refractivity contribution in [1.29, 1.82) is 0 Å². The van der Waals surface area contributed by atoms with Crippen LogP contribution in [0, 0.1) is 5.92 Å². The molecule has 0 saturated heterocycles. The fourth-order valence-electron chi connectivity index (χ4n) is 2.09. The highest BCUT2D eigenvalue weighted by Crippen LogP contribution is 2.29. The SMILES string of the molecule is O=C(O)c1ccc(CNC(=O)C(Cc2ccccc2)C(F)(F)F)o1. The fourth-order valence-corrected chi connectivity index (χ4v) is 2.09. The maximum atomic E-state index is 13.1. The summed E-state index contributed by atoms with van der Waals surface area (Å²) in [7, 11) is 0. The molecule has 0 spiro atoms. The Morgan fingerprint density at radius 2 is 1.79 bits per heavy atom. The number of furan rings is 1. The molecule has 1 aromatic heterocycles. The van der Waals surface area contributed by atoms with Crippen molar-refractivity contribution < 1.29 is 32.3 Å². The summed E-state index contributed by atoms with van der Waals surface area (Å²) < 4.78 is 44.3. The first-order chi connectivity index (χ1) is 11.3. The summed E-state index contributed by atoms with van der Waals surface area (Å²) in [6.07, 6.45) is -5.18. The number of carbonyl (C=O) groups is 2. The Hall–Kier alpha value is -2.77. The zero-order valence-corrected chi connectivity index (χ0v) is 12.3. The Labute approximate surface area is 135 Å². The van der Waals surface area contributed by atoms with Gasteiger partial charge >= 0.3 is 12.1 Å². The summed E-state index contributed by atoms with van der Waals surface area (Å²) in [5, 5.41) is 10.8. The second-order valence-corrected chi connectivity index (χ2v) is 5.07. The largest absolute Gasteiger partial charge is 0.475 e. The molecule has 0 fully saturated rings. The number of alkyl halides is 3. The van der Waals surface area contributed by atoms with Gasteiger partial charge in [-0.1, -0.05) is 30.3 Å². The lowest BCUT2D eigenvalue weighted by Gasteiger charge is -2.19. The van der Waals surface area contributed by atoms with E-state index in [-0.39, 0.29) is 18.1 Å². The number of carbonyl (C=O) groups excluding carboxylic acids is 1. The Kier molecular flexibility index (Phi) is 5.28. The monoisotopic (exact) mass is 341 g/mol. The average molecular weight is 341 g/mol. The number of rotatable bonds is 6. The van der Waals surface area contributed by atoms with Crippen LogP contribution in [0.15, 0.2) is 46.9 Å². The molecule has 1 atom stereocenters. The van der Waals surface area contributed by atoms with Crippen molar-refractivity contribution in [3.63, 3.8) is 0 Å². The average Bonchev–Trinajstić information content (AvgIpc) is 2.99. The predicted molar refractivity (Wildman–Crippen MR) is 77.2 cm³/mol. The number of halogens is 3. The van der Waals surface area contributed by atoms with E-state index in [0.717, 1.165) is 6.07 Å². The molecule has 0 bridgehead atoms. The van der Waals surface area contributed by atoms with E-state index < -0.39 is 30.4 Å². The lowest BCUT2D eigenvalue weighted by atomic mass is 9.98. The number of carboxylic acid groups (broad SMARTS) is 1. The van der Waals surface area contributed by atoms with Crippen molar-refractivity contribution >= 4 is 11.9 Å². The predicted octanol–water partition coefficient (Wildman–Crippen LogP) is 3.02. The quantitative estimate of drug-likeness (QED) is 0.846. The molecule has 5 nitrogen and oxygen atoms in total. The molecule has 0 aliphatic carbocycles. The van der Waals surface area contributed by atoms with Crippen LogP contribution in [-0.2, 0) is 17.8 Å². The van der Waals surface area contributed by atoms with Crippen LogP contribution in [0.4, 0.5) is 13.2 Å². The molecule has 2 rings (SSSR count). The molecule has 1 amide bonds. The van der Waals surface area contributed by atoms with Crippen LogP contribution in [0.1, 0.15) is 21.9 Å². The molecular weight excluding hydrogens is 327 g/mol. The van der Waals surface area contributed by atoms with Crippen molar-refractivity contribution in [2.24, 2.45) is 5.92 Å². The number of amides is 1. The second kappa shape index (κ2) is 7.20. The fraction of sp³-hybridized carbons (Fsp3) is 0.250. The molecular formula is C16H14F3NO4. The van der Waals surface area contributed by atoms with Gasteiger partial charge in [-0.25, -0.2) is 4.79 Å². The van der Waals surface area contributed by atoms with Crippen molar-refractivity contribution in [2.75, 3.05) is 0 Å². The van der Waals surface area contributed by atoms with Crippen LogP contribution in [-0.4, -0.2) is 23.2 Å². The van der Waals surface area contributed by atoms with E-state index in [2.05, 4.69) is 5.32 Å². The van der Waals surface area contributed by atoms with Gasteiger partial charge in [-0.3, -0.25) is 4.79 Å². The van der Waals surface area contributed by atoms with Crippen molar-refractivity contribution in [3.05, 3.63) is 59.5 Å². The molecule has 0 aliphatic rings. The molecule has 2 N–H and O–H groups in total. The minimum Gasteiger partial charge on any atom is -0.475 e. The van der Waals surface area contributed by atoms with Gasteiger partial charge < -0.3 is 14.8 Å². The zero-order chi connectivity index (χ0) is 17.7. The minimum atomic E-state index is -4.70. The molecule has 1 aromatic carbocycles. The maximum Gasteiger partial charge on any atom is 0.400 e. The van der Waals surface area contributed by atoms with Gasteiger partial charge in [0.25, 0.3) is 0 Å². The Bertz CT molecular complexity index is 710. The van der Waals surface area contributed by atoms with Gasteiger partial charge in [0.2, 0.25) is 11.7 Å². The van der Waals surface area contributed by atoms with E-state index in [0.29, 0.717) is 5.56 Å². The molecule has 24 heavy (non-hydrogen) atoms. The van der Waals surface area contributed by atoms with Crippen LogP contribution in [0.2, 0.25) is 0 Å². The van der Waals surface area contributed by atoms with E-state index in [1.54, 1.807) is 18.2 Å². The van der Waals surface area contributed by atoms with Gasteiger partial charge in [0, 0.05) is 0 Å². The molecule has 1 unspecified atom stereocenters. The first-order valence-corrected chi connectivity index (χ1v) is 6.97. The topological polar surface area (TPSA) is 79.5 Å². The summed E-state index contributed by atoms with van der Waals surface area (Å²) in [5.41, 5.74) is 0.390. The van der Waals surface area contributed by atoms with Crippen molar-refractivity contribution in [2.45, 2.75) is 19.1 Å². The first-order valence-electron chi connectivity index (χ1n) is 6.97. The summed E-state index contributed by atoms with van der Waals surface area (Å²) >= 11 is 0. The van der Waals surface area contributed by atoms with Gasteiger partial charge in [0.15, 0.2) is 0 Å². The highest BCUT2D eigenvalue weighted by Gasteiger charge is 2.44. The normalized spacial score (nSPS) is 12.6. The second-order valence-electron chi connectivity index (χ2n) is 5.07. The Morgan fingerprint density at radius 3 is 2.33 bits per heavy atom. The standard InChI is InChI=1S/C16H14F3NO4/c17-16(18,19)12(8-10-4-2-1-3-5-10)14(21)20-9-11-6-7-13(24-11)15(22)23/h1-7,12H,8-9H2,(H,20,21)(H,22,23). The highest BCUT2D eigenvalue weighted by molar-refractivity contribution is 5.84. The smallest absolute Gasteiger partial charge is 0.400 e. The van der Waals surface area contributed by atoms with Crippen LogP contribution >= 0.6 is 0 Å². The van der Waals surface area contributed by atoms with Crippen LogP contribution < -0.4 is 5.32 Å². The maximum absolute atomic E-state index is 13.1. The van der Waals surface area contributed by atoms with E-state index in [1.165, 1.54) is 18.2 Å². The van der Waals surface area contributed by atoms with Gasteiger partial charge in [-0.2, -0.15) is 13.2 Å². The molecule has 0 aliphatic heterocycles. The van der Waals surface area contributed by atoms with Gasteiger partial charge in [0.05, 0.1) is 6.54 Å². The van der Waals surface area contributed by atoms with Crippen molar-refractivity contribution in [1.82, 2.24) is 5.32 Å². The lowest BCUT2D eigenvalue weighted by molar-refractivity contribution is -0.182. The van der Waals surface area contributed by atoms with Crippen molar-refractivity contribution in [3.8, 4) is 0 Å². The Balaban J connectivity index is 2.03. The lowest BCUT2D eigenvalue weighted by Crippen LogP contribution is -2.40. The number of benzene rings is 1. The number of nitrogens with one attached hydrogen (secondary N) is 1. The molecule has 0 saturated carbocycles. The summed E-state index contributed by atoms with van der Waals surface area (Å²) in [4.78, 5) is 22.6. The number of hydrogen-bond acceptors (Lipinski definition) is 3. The third-order valence-corrected chi connectivity index (χ3v) is 3.30. The van der Waals surface area contributed by atoms with Gasteiger partial charge in [0.1, 0.15) is 11.7 Å². The number of aromatic carboxylic acids is 1. The van der Waals surface area contributed by atoms with Crippen LogP contribution in [0.3, 0.4) is 0 Å². The van der Waals surface area contributed by atoms with E-state index in [4.69, 9.17) is 9.52 Å². The van der Waals surface area contributed by atoms with Crippen LogP contribution in [0.25, 0.3) is 0 Å². The summed E-state index contributed by atoms with van der Waals surface area (Å²) in [6.45, 7) is -0.326. The van der Waals surface area contributed by atoms with Gasteiger partial charge in [-0.15, -0.1) is 0 Å². The third kappa shape index (κ3) is 4.61. The van der Waals surface area contributed by atoms with E-state index in [9.17, 15) is 22.8 Å². The molecule has 8 heteroatoms. The van der Waals surface area contributed by atoms with Gasteiger partial charge in [-0.05, 0) is 24.1 Å². The molecule has 1 heterocycles. The first kappa shape index (κ1) is 17.6.